The topological polar surface area (TPSA) is 84.2 Å². The monoisotopic (exact) mass is 580 g/mol. The lowest BCUT2D eigenvalue weighted by Gasteiger charge is -2.29. The molecule has 1 saturated carbocycles. The number of likely N-dealkylation sites (tertiary alicyclic amines) is 1. The summed E-state index contributed by atoms with van der Waals surface area (Å²) in [5.41, 5.74) is 6.37. The number of hydrogen-bond donors (Lipinski definition) is 1. The van der Waals surface area contributed by atoms with Crippen LogP contribution >= 0.6 is 0 Å². The van der Waals surface area contributed by atoms with Gasteiger partial charge in [0.05, 0.1) is 36.9 Å². The predicted octanol–water partition coefficient (Wildman–Crippen LogP) is 5.07. The van der Waals surface area contributed by atoms with Gasteiger partial charge in [-0.15, -0.1) is 0 Å². The number of benzene rings is 1. The number of pyridine rings is 2. The molecule has 7 rings (SSSR count). The van der Waals surface area contributed by atoms with Gasteiger partial charge in [-0.05, 0) is 68.5 Å². The summed E-state index contributed by atoms with van der Waals surface area (Å²) in [6.45, 7) is 8.80. The summed E-state index contributed by atoms with van der Waals surface area (Å²) in [4.78, 5) is 22.4. The molecule has 0 bridgehead atoms. The Kier molecular flexibility index (Phi) is 7.43. The van der Waals surface area contributed by atoms with Gasteiger partial charge in [-0.3, -0.25) is 9.78 Å². The Morgan fingerprint density at radius 2 is 1.81 bits per heavy atom. The van der Waals surface area contributed by atoms with E-state index in [9.17, 15) is 4.79 Å². The minimum atomic E-state index is -0.152. The first-order chi connectivity index (χ1) is 21.0. The highest BCUT2D eigenvalue weighted by molar-refractivity contribution is 5.79. The first-order valence-electron chi connectivity index (χ1n) is 15.5. The molecule has 3 aromatic heterocycles. The predicted molar refractivity (Wildman–Crippen MR) is 167 cm³/mol. The number of piperazine rings is 1. The number of anilines is 1. The molecule has 2 aliphatic heterocycles. The van der Waals surface area contributed by atoms with E-state index in [2.05, 4.69) is 48.5 Å². The molecule has 1 aliphatic carbocycles. The van der Waals surface area contributed by atoms with Gasteiger partial charge in [0.1, 0.15) is 23.1 Å². The van der Waals surface area contributed by atoms with E-state index in [0.717, 1.165) is 65.7 Å². The maximum atomic E-state index is 13.2. The lowest BCUT2D eigenvalue weighted by atomic mass is 10.0. The second kappa shape index (κ2) is 11.5. The van der Waals surface area contributed by atoms with Crippen LogP contribution in [0.5, 0.6) is 11.5 Å². The molecule has 1 amide bonds. The van der Waals surface area contributed by atoms with Crippen molar-refractivity contribution >= 4 is 17.1 Å². The van der Waals surface area contributed by atoms with Gasteiger partial charge in [-0.2, -0.15) is 5.10 Å². The van der Waals surface area contributed by atoms with Crippen LogP contribution in [-0.2, 0) is 4.79 Å². The van der Waals surface area contributed by atoms with E-state index in [1.54, 1.807) is 7.11 Å². The number of carbonyl (C=O) groups excluding carboxylic acids is 1. The number of rotatable bonds is 9. The average molecular weight is 581 g/mol. The summed E-state index contributed by atoms with van der Waals surface area (Å²) in [5.74, 6) is 2.41. The number of ether oxygens (including phenoxy) is 2. The highest BCUT2D eigenvalue weighted by atomic mass is 16.5. The molecule has 43 heavy (non-hydrogen) atoms. The van der Waals surface area contributed by atoms with Crippen LogP contribution in [0.4, 0.5) is 5.69 Å². The summed E-state index contributed by atoms with van der Waals surface area (Å²) in [5, 5.41) is 8.14. The summed E-state index contributed by atoms with van der Waals surface area (Å²) >= 11 is 0. The van der Waals surface area contributed by atoms with E-state index in [0.29, 0.717) is 18.9 Å². The Bertz CT molecular complexity index is 1590. The average Bonchev–Trinajstić information content (AvgIpc) is 3.68. The Morgan fingerprint density at radius 1 is 1.02 bits per heavy atom. The number of hydrogen-bond acceptors (Lipinski definition) is 7. The first-order valence-corrected chi connectivity index (χ1v) is 15.5. The first kappa shape index (κ1) is 27.7. The van der Waals surface area contributed by atoms with Crippen molar-refractivity contribution in [2.24, 2.45) is 5.92 Å². The molecule has 0 spiro atoms. The third-order valence-electron chi connectivity index (χ3n) is 9.38. The summed E-state index contributed by atoms with van der Waals surface area (Å²) < 4.78 is 14.0. The molecule has 3 aliphatic rings. The van der Waals surface area contributed by atoms with E-state index >= 15 is 0 Å². The molecule has 224 valence electrons. The Labute approximate surface area is 252 Å². The van der Waals surface area contributed by atoms with E-state index in [1.807, 2.05) is 46.1 Å². The molecule has 1 N–H and O–H groups in total. The van der Waals surface area contributed by atoms with Gasteiger partial charge in [-0.25, -0.2) is 4.52 Å². The Morgan fingerprint density at radius 3 is 2.51 bits per heavy atom. The minimum absolute atomic E-state index is 0.0165. The normalized spacial score (nSPS) is 20.4. The van der Waals surface area contributed by atoms with Gasteiger partial charge < -0.3 is 24.6 Å². The summed E-state index contributed by atoms with van der Waals surface area (Å²) in [6.07, 6.45) is 8.71. The zero-order chi connectivity index (χ0) is 29.5. The van der Waals surface area contributed by atoms with Gasteiger partial charge in [-0.1, -0.05) is 12.1 Å². The molecule has 5 heterocycles. The summed E-state index contributed by atoms with van der Waals surface area (Å²) in [6, 6.07) is 14.3. The number of amides is 1. The largest absolute Gasteiger partial charge is 0.497 e. The van der Waals surface area contributed by atoms with Crippen molar-refractivity contribution in [1.29, 1.82) is 0 Å². The molecule has 3 atom stereocenters. The number of methoxy groups -OCH3 is 1. The van der Waals surface area contributed by atoms with Crippen LogP contribution in [0.25, 0.3) is 16.8 Å². The molecule has 1 aromatic carbocycles. The second-order valence-corrected chi connectivity index (χ2v) is 12.2. The number of carbonyl (C=O) groups is 1. The van der Waals surface area contributed by atoms with Crippen molar-refractivity contribution in [3.05, 3.63) is 72.2 Å². The van der Waals surface area contributed by atoms with E-state index in [-0.39, 0.29) is 24.0 Å². The number of nitrogens with zero attached hydrogens (tertiary/aromatic N) is 5. The molecular weight excluding hydrogens is 540 g/mol. The third-order valence-corrected chi connectivity index (χ3v) is 9.38. The molecule has 1 unspecified atom stereocenters. The lowest BCUT2D eigenvalue weighted by molar-refractivity contribution is -0.129. The molecule has 9 nitrogen and oxygen atoms in total. The minimum Gasteiger partial charge on any atom is -0.497 e. The number of nitrogens with one attached hydrogen (secondary N) is 1. The molecule has 9 heteroatoms. The van der Waals surface area contributed by atoms with Crippen LogP contribution in [0, 0.1) is 5.92 Å². The van der Waals surface area contributed by atoms with Crippen LogP contribution in [0.15, 0.2) is 61.1 Å². The van der Waals surface area contributed by atoms with Gasteiger partial charge in [0.25, 0.3) is 0 Å². The Balaban J connectivity index is 1.13. The van der Waals surface area contributed by atoms with Crippen molar-refractivity contribution in [1.82, 2.24) is 24.8 Å². The van der Waals surface area contributed by atoms with Gasteiger partial charge in [0.2, 0.25) is 5.91 Å². The fraction of sp³-hybridized carbons (Fsp3) is 0.441. The van der Waals surface area contributed by atoms with Gasteiger partial charge in [0, 0.05) is 62.4 Å². The third kappa shape index (κ3) is 5.54. The standard InChI is InChI=1S/C34H40N6O3/c1-22(24-6-9-29(42-3)10-7-24)39-20-26(17-33(39)41)23(2)43-32-16-27(21-40-34(32)30(19-37-40)25-4-5-25)31-11-8-28(18-36-31)38-14-12-35-13-15-38/h6-11,16,18-19,21-23,25-26,35H,4-5,12-15,17,20H2,1-3H3/t22-,23-,26?/m1/s1. The lowest BCUT2D eigenvalue weighted by Crippen LogP contribution is -2.43. The molecule has 4 aromatic rings. The fourth-order valence-corrected chi connectivity index (χ4v) is 6.51. The number of aromatic nitrogens is 3. The van der Waals surface area contributed by atoms with Gasteiger partial charge >= 0.3 is 0 Å². The van der Waals surface area contributed by atoms with Gasteiger partial charge in [0.15, 0.2) is 0 Å². The number of fused-ring (bicyclic) bond motifs is 1. The molecule has 3 fully saturated rings. The fourth-order valence-electron chi connectivity index (χ4n) is 6.51. The van der Waals surface area contributed by atoms with Crippen molar-refractivity contribution in [3.8, 4) is 22.8 Å². The Hall–Kier alpha value is -4.11. The van der Waals surface area contributed by atoms with E-state index in [4.69, 9.17) is 19.6 Å². The maximum Gasteiger partial charge on any atom is 0.223 e. The van der Waals surface area contributed by atoms with Crippen molar-refractivity contribution in [2.75, 3.05) is 44.7 Å². The van der Waals surface area contributed by atoms with Crippen LogP contribution in [-0.4, -0.2) is 71.3 Å². The van der Waals surface area contributed by atoms with E-state index in [1.165, 1.54) is 18.4 Å². The second-order valence-electron chi connectivity index (χ2n) is 12.2. The SMILES string of the molecule is COc1ccc([C@@H](C)N2CC([C@@H](C)Oc3cc(-c4ccc(N5CCNCC5)cn4)cn4ncc(C5CC5)c34)CC2=O)cc1. The van der Waals surface area contributed by atoms with Crippen LogP contribution in [0.2, 0.25) is 0 Å². The van der Waals surface area contributed by atoms with Crippen molar-refractivity contribution in [3.63, 3.8) is 0 Å². The zero-order valence-electron chi connectivity index (χ0n) is 25.2. The molecule has 2 saturated heterocycles. The van der Waals surface area contributed by atoms with Crippen LogP contribution < -0.4 is 19.7 Å². The zero-order valence-corrected chi connectivity index (χ0v) is 25.2. The van der Waals surface area contributed by atoms with Crippen LogP contribution in [0.1, 0.15) is 56.2 Å². The highest BCUT2D eigenvalue weighted by Crippen LogP contribution is 2.45. The van der Waals surface area contributed by atoms with Crippen molar-refractivity contribution < 1.29 is 14.3 Å². The molecule has 0 radical (unpaired) electrons. The van der Waals surface area contributed by atoms with Crippen molar-refractivity contribution in [2.45, 2.75) is 51.2 Å². The highest BCUT2D eigenvalue weighted by Gasteiger charge is 2.37. The summed E-state index contributed by atoms with van der Waals surface area (Å²) in [7, 11) is 1.66. The maximum absolute atomic E-state index is 13.2. The van der Waals surface area contributed by atoms with Crippen LogP contribution in [0.3, 0.4) is 0 Å². The molecular formula is C34H40N6O3. The smallest absolute Gasteiger partial charge is 0.223 e. The quantitative estimate of drug-likeness (QED) is 0.296. The van der Waals surface area contributed by atoms with E-state index < -0.39 is 0 Å².